The first-order valence-corrected chi connectivity index (χ1v) is 3.26. The predicted octanol–water partition coefficient (Wildman–Crippen LogP) is 0.298. The van der Waals surface area contributed by atoms with E-state index in [-0.39, 0.29) is 12.0 Å². The van der Waals surface area contributed by atoms with Crippen molar-refractivity contribution >= 4 is 12.7 Å². The first-order valence-electron chi connectivity index (χ1n) is 3.26. The van der Waals surface area contributed by atoms with E-state index in [4.69, 9.17) is 0 Å². The quantitative estimate of drug-likeness (QED) is 0.531. The average molecular weight is 143 g/mol. The van der Waals surface area contributed by atoms with Crippen LogP contribution in [0.1, 0.15) is 13.8 Å². The summed E-state index contributed by atoms with van der Waals surface area (Å²) in [6.07, 6.45) is 1.46. The molecule has 0 heterocycles. The molecule has 0 N–H and O–H groups in total. The molecule has 0 aromatic rings. The summed E-state index contributed by atoms with van der Waals surface area (Å²) >= 11 is 0. The van der Waals surface area contributed by atoms with Crippen molar-refractivity contribution in [3.63, 3.8) is 0 Å². The molecule has 58 valence electrons. The van der Waals surface area contributed by atoms with Gasteiger partial charge in [0.25, 0.3) is 0 Å². The van der Waals surface area contributed by atoms with Crippen molar-refractivity contribution in [1.29, 1.82) is 0 Å². The maximum Gasteiger partial charge on any atom is 0.210 e. The molecule has 0 saturated carbocycles. The van der Waals surface area contributed by atoms with Gasteiger partial charge < -0.3 is 9.69 Å². The molecule has 3 heteroatoms. The van der Waals surface area contributed by atoms with Gasteiger partial charge in [0.2, 0.25) is 6.41 Å². The van der Waals surface area contributed by atoms with E-state index in [1.54, 1.807) is 7.05 Å². The SMILES string of the molecule is CC(C)C(C=O)N(C)C=O. The largest absolute Gasteiger partial charge is 0.338 e. The van der Waals surface area contributed by atoms with Crippen molar-refractivity contribution < 1.29 is 9.59 Å². The van der Waals surface area contributed by atoms with Gasteiger partial charge >= 0.3 is 0 Å². The van der Waals surface area contributed by atoms with Crippen LogP contribution >= 0.6 is 0 Å². The first kappa shape index (κ1) is 9.14. The summed E-state index contributed by atoms with van der Waals surface area (Å²) in [6, 6.07) is -0.280. The second-order valence-corrected chi connectivity index (χ2v) is 2.64. The average Bonchev–Trinajstić information content (AvgIpc) is 1.88. The van der Waals surface area contributed by atoms with Crippen LogP contribution in [-0.2, 0) is 9.59 Å². The van der Waals surface area contributed by atoms with E-state index in [2.05, 4.69) is 0 Å². The number of carbonyl (C=O) groups excluding carboxylic acids is 2. The lowest BCUT2D eigenvalue weighted by atomic mass is 10.1. The van der Waals surface area contributed by atoms with Crippen molar-refractivity contribution in [2.24, 2.45) is 5.92 Å². The summed E-state index contributed by atoms with van der Waals surface area (Å²) in [4.78, 5) is 21.9. The number of aldehydes is 1. The predicted molar refractivity (Wildman–Crippen MR) is 38.5 cm³/mol. The highest BCUT2D eigenvalue weighted by atomic mass is 16.1. The third-order valence-electron chi connectivity index (χ3n) is 1.46. The lowest BCUT2D eigenvalue weighted by Crippen LogP contribution is -2.35. The highest BCUT2D eigenvalue weighted by molar-refractivity contribution is 5.63. The zero-order chi connectivity index (χ0) is 8.15. The number of amides is 1. The molecule has 0 fully saturated rings. The molecular formula is C7H13NO2. The third-order valence-corrected chi connectivity index (χ3v) is 1.46. The maximum atomic E-state index is 10.3. The molecule has 1 unspecified atom stereocenters. The third kappa shape index (κ3) is 2.17. The summed E-state index contributed by atoms with van der Waals surface area (Å²) in [7, 11) is 1.60. The van der Waals surface area contributed by atoms with Gasteiger partial charge in [-0.3, -0.25) is 4.79 Å². The van der Waals surface area contributed by atoms with E-state index in [1.165, 1.54) is 4.90 Å². The Morgan fingerprint density at radius 3 is 1.90 bits per heavy atom. The first-order chi connectivity index (χ1) is 4.63. The molecule has 0 bridgehead atoms. The molecule has 10 heavy (non-hydrogen) atoms. The van der Waals surface area contributed by atoms with Crippen LogP contribution in [0.15, 0.2) is 0 Å². The molecule has 1 amide bonds. The Bertz CT molecular complexity index is 123. The summed E-state index contributed by atoms with van der Waals surface area (Å²) < 4.78 is 0. The minimum atomic E-state index is -0.280. The van der Waals surface area contributed by atoms with Crippen LogP contribution in [0.5, 0.6) is 0 Å². The van der Waals surface area contributed by atoms with Gasteiger partial charge in [-0.2, -0.15) is 0 Å². The minimum Gasteiger partial charge on any atom is -0.338 e. The molecule has 0 spiro atoms. The zero-order valence-corrected chi connectivity index (χ0v) is 6.57. The van der Waals surface area contributed by atoms with Gasteiger partial charge in [-0.15, -0.1) is 0 Å². The normalized spacial score (nSPS) is 12.8. The molecule has 1 atom stereocenters. The monoisotopic (exact) mass is 143 g/mol. The molecule has 0 aliphatic carbocycles. The van der Waals surface area contributed by atoms with Crippen LogP contribution in [-0.4, -0.2) is 30.7 Å². The summed E-state index contributed by atoms with van der Waals surface area (Å²) in [5.74, 6) is 0.188. The number of rotatable bonds is 4. The van der Waals surface area contributed by atoms with Gasteiger partial charge in [0, 0.05) is 7.05 Å². The van der Waals surface area contributed by atoms with Crippen molar-refractivity contribution in [3.05, 3.63) is 0 Å². The fraction of sp³-hybridized carbons (Fsp3) is 0.714. The van der Waals surface area contributed by atoms with Gasteiger partial charge in [-0.1, -0.05) is 13.8 Å². The molecule has 3 nitrogen and oxygen atoms in total. The van der Waals surface area contributed by atoms with Crippen molar-refractivity contribution in [3.8, 4) is 0 Å². The van der Waals surface area contributed by atoms with Crippen molar-refractivity contribution in [1.82, 2.24) is 4.90 Å². The molecule has 0 radical (unpaired) electrons. The lowest BCUT2D eigenvalue weighted by Gasteiger charge is -2.21. The van der Waals surface area contributed by atoms with Crippen LogP contribution in [0.2, 0.25) is 0 Å². The van der Waals surface area contributed by atoms with E-state index in [0.717, 1.165) is 6.29 Å². The standard InChI is InChI=1S/C7H13NO2/c1-6(2)7(4-9)8(3)5-10/h4-7H,1-3H3. The van der Waals surface area contributed by atoms with E-state index >= 15 is 0 Å². The molecule has 0 aromatic heterocycles. The Morgan fingerprint density at radius 1 is 1.30 bits per heavy atom. The van der Waals surface area contributed by atoms with Gasteiger partial charge in [0.05, 0.1) is 6.04 Å². The van der Waals surface area contributed by atoms with Crippen LogP contribution in [0, 0.1) is 5.92 Å². The Kier molecular flexibility index (Phi) is 3.69. The highest BCUT2D eigenvalue weighted by Gasteiger charge is 2.15. The minimum absolute atomic E-state index is 0.188. The molecule has 0 aliphatic rings. The summed E-state index contributed by atoms with van der Waals surface area (Å²) in [6.45, 7) is 3.80. The number of hydrogen-bond acceptors (Lipinski definition) is 2. The Balaban J connectivity index is 4.04. The van der Waals surface area contributed by atoms with Crippen molar-refractivity contribution in [2.75, 3.05) is 7.05 Å². The van der Waals surface area contributed by atoms with Gasteiger partial charge in [0.15, 0.2) is 0 Å². The van der Waals surface area contributed by atoms with Crippen LogP contribution in [0.4, 0.5) is 0 Å². The van der Waals surface area contributed by atoms with E-state index in [9.17, 15) is 9.59 Å². The summed E-state index contributed by atoms with van der Waals surface area (Å²) in [5.41, 5.74) is 0. The highest BCUT2D eigenvalue weighted by Crippen LogP contribution is 2.03. The van der Waals surface area contributed by atoms with Crippen LogP contribution in [0.25, 0.3) is 0 Å². The Morgan fingerprint density at radius 2 is 1.80 bits per heavy atom. The number of hydrogen-bond donors (Lipinski definition) is 0. The fourth-order valence-electron chi connectivity index (χ4n) is 0.794. The fourth-order valence-corrected chi connectivity index (χ4v) is 0.794. The molecule has 0 rings (SSSR count). The van der Waals surface area contributed by atoms with Crippen LogP contribution in [0.3, 0.4) is 0 Å². The van der Waals surface area contributed by atoms with E-state index < -0.39 is 0 Å². The van der Waals surface area contributed by atoms with Crippen LogP contribution < -0.4 is 0 Å². The summed E-state index contributed by atoms with van der Waals surface area (Å²) in [5, 5.41) is 0. The topological polar surface area (TPSA) is 37.4 Å². The number of nitrogens with zero attached hydrogens (tertiary/aromatic N) is 1. The van der Waals surface area contributed by atoms with E-state index in [0.29, 0.717) is 6.41 Å². The number of likely N-dealkylation sites (N-methyl/N-ethyl adjacent to an activating group) is 1. The Hall–Kier alpha value is -0.860. The molecular weight excluding hydrogens is 130 g/mol. The smallest absolute Gasteiger partial charge is 0.210 e. The molecule has 0 aliphatic heterocycles. The van der Waals surface area contributed by atoms with Crippen molar-refractivity contribution in [2.45, 2.75) is 19.9 Å². The molecule has 0 saturated heterocycles. The number of carbonyl (C=O) groups is 2. The second kappa shape index (κ2) is 4.04. The zero-order valence-electron chi connectivity index (χ0n) is 6.57. The van der Waals surface area contributed by atoms with Gasteiger partial charge in [0.1, 0.15) is 6.29 Å². The maximum absolute atomic E-state index is 10.3. The second-order valence-electron chi connectivity index (χ2n) is 2.64. The van der Waals surface area contributed by atoms with Gasteiger partial charge in [-0.25, -0.2) is 0 Å². The lowest BCUT2D eigenvalue weighted by molar-refractivity contribution is -0.125. The van der Waals surface area contributed by atoms with E-state index in [1.807, 2.05) is 13.8 Å². The Labute approximate surface area is 61.0 Å². The van der Waals surface area contributed by atoms with Gasteiger partial charge in [-0.05, 0) is 5.92 Å². The molecule has 0 aromatic carbocycles.